The van der Waals surface area contributed by atoms with E-state index in [1.807, 2.05) is 73.6 Å². The number of hydrogen-bond acceptors (Lipinski definition) is 5. The van der Waals surface area contributed by atoms with E-state index >= 15 is 0 Å². The van der Waals surface area contributed by atoms with Crippen molar-refractivity contribution in [3.8, 4) is 0 Å². The maximum atomic E-state index is 6.48. The molecule has 7 heteroatoms. The van der Waals surface area contributed by atoms with Crippen molar-refractivity contribution in [3.63, 3.8) is 0 Å². The normalized spacial score (nSPS) is 26.2. The summed E-state index contributed by atoms with van der Waals surface area (Å²) in [5, 5.41) is 0. The Morgan fingerprint density at radius 2 is 0.920 bits per heavy atom. The summed E-state index contributed by atoms with van der Waals surface area (Å²) >= 11 is 0. The molecular weight excluding hydrogens is 316 g/mol. The molecule has 0 atom stereocenters. The molecule has 0 aliphatic carbocycles. The van der Waals surface area contributed by atoms with E-state index in [4.69, 9.17) is 24.4 Å². The number of benzene rings is 1. The van der Waals surface area contributed by atoms with E-state index < -0.39 is 36.6 Å². The van der Waals surface area contributed by atoms with E-state index in [0.717, 1.165) is 10.9 Å². The van der Waals surface area contributed by atoms with Crippen molar-refractivity contribution in [1.29, 1.82) is 0 Å². The molecule has 0 unspecified atom stereocenters. The summed E-state index contributed by atoms with van der Waals surface area (Å²) < 4.78 is 24.6. The molecule has 2 saturated heterocycles. The van der Waals surface area contributed by atoms with Crippen LogP contribution in [0.1, 0.15) is 55.4 Å². The highest BCUT2D eigenvalue weighted by Gasteiger charge is 2.54. The number of anilines is 1. The van der Waals surface area contributed by atoms with Crippen LogP contribution in [0.25, 0.3) is 0 Å². The quantitative estimate of drug-likeness (QED) is 0.655. The average Bonchev–Trinajstić information content (AvgIpc) is 2.78. The van der Waals surface area contributed by atoms with Crippen LogP contribution in [-0.4, -0.2) is 36.6 Å². The standard InChI is InChI=1S/C18H29B2NO4/c1-15(2)16(3,4)23-19(22-15)12-10-9-11-13(14(12)21)20-24-17(5,6)18(7,8)25-20/h9-11H,21H2,1-8H3. The van der Waals surface area contributed by atoms with Crippen LogP contribution in [0.5, 0.6) is 0 Å². The van der Waals surface area contributed by atoms with Gasteiger partial charge in [-0.25, -0.2) is 0 Å². The summed E-state index contributed by atoms with van der Waals surface area (Å²) in [5.74, 6) is 0. The minimum atomic E-state index is -0.507. The molecule has 2 aliphatic heterocycles. The lowest BCUT2D eigenvalue weighted by molar-refractivity contribution is 0.00578. The molecule has 1 aromatic carbocycles. The van der Waals surface area contributed by atoms with Crippen molar-refractivity contribution < 1.29 is 18.6 Å². The summed E-state index contributed by atoms with van der Waals surface area (Å²) in [6, 6.07) is 5.82. The predicted molar refractivity (Wildman–Crippen MR) is 102 cm³/mol. The number of nitrogens with two attached hydrogens (primary N) is 1. The van der Waals surface area contributed by atoms with Gasteiger partial charge in [-0.05, 0) is 55.4 Å². The molecule has 0 amide bonds. The molecule has 5 nitrogen and oxygen atoms in total. The van der Waals surface area contributed by atoms with Crippen LogP contribution in [0.15, 0.2) is 18.2 Å². The van der Waals surface area contributed by atoms with Gasteiger partial charge in [0.25, 0.3) is 0 Å². The molecule has 0 saturated carbocycles. The predicted octanol–water partition coefficient (Wildman–Crippen LogP) is 1.87. The Balaban J connectivity index is 1.93. The van der Waals surface area contributed by atoms with Crippen LogP contribution < -0.4 is 16.7 Å². The minimum absolute atomic E-state index is 0.412. The minimum Gasteiger partial charge on any atom is -0.399 e. The van der Waals surface area contributed by atoms with Gasteiger partial charge in [0.1, 0.15) is 0 Å². The second kappa shape index (κ2) is 5.49. The summed E-state index contributed by atoms with van der Waals surface area (Å²) in [6.07, 6.45) is 0. The Hall–Kier alpha value is -1.01. The first-order chi connectivity index (χ1) is 11.3. The van der Waals surface area contributed by atoms with Gasteiger partial charge in [-0.1, -0.05) is 18.2 Å². The summed E-state index contributed by atoms with van der Waals surface area (Å²) in [4.78, 5) is 0. The molecule has 2 fully saturated rings. The lowest BCUT2D eigenvalue weighted by Crippen LogP contribution is -2.44. The highest BCUT2D eigenvalue weighted by Crippen LogP contribution is 2.38. The Morgan fingerprint density at radius 1 is 0.640 bits per heavy atom. The molecule has 0 spiro atoms. The molecule has 136 valence electrons. The smallest absolute Gasteiger partial charge is 0.399 e. The van der Waals surface area contributed by atoms with Crippen molar-refractivity contribution in [1.82, 2.24) is 0 Å². The van der Waals surface area contributed by atoms with E-state index in [0.29, 0.717) is 5.69 Å². The van der Waals surface area contributed by atoms with E-state index in [-0.39, 0.29) is 0 Å². The molecule has 0 aromatic heterocycles. The monoisotopic (exact) mass is 345 g/mol. The molecule has 0 bridgehead atoms. The fourth-order valence-electron chi connectivity index (χ4n) is 2.95. The van der Waals surface area contributed by atoms with Crippen LogP contribution in [-0.2, 0) is 18.6 Å². The van der Waals surface area contributed by atoms with Crippen molar-refractivity contribution in [2.24, 2.45) is 0 Å². The van der Waals surface area contributed by atoms with Crippen LogP contribution in [0.2, 0.25) is 0 Å². The zero-order valence-electron chi connectivity index (χ0n) is 16.6. The SMILES string of the molecule is CC1(C)OB(c2cccc(B3OC(C)(C)C(C)(C)O3)c2N)OC1(C)C. The molecule has 1 aromatic rings. The summed E-state index contributed by atoms with van der Waals surface area (Å²) in [5.41, 5.74) is 7.05. The van der Waals surface area contributed by atoms with Gasteiger partial charge in [0.2, 0.25) is 0 Å². The third kappa shape index (κ3) is 2.91. The molecule has 2 aliphatic rings. The molecule has 3 rings (SSSR count). The van der Waals surface area contributed by atoms with Crippen molar-refractivity contribution in [3.05, 3.63) is 18.2 Å². The molecule has 2 N–H and O–H groups in total. The average molecular weight is 345 g/mol. The fraction of sp³-hybridized carbons (Fsp3) is 0.667. The van der Waals surface area contributed by atoms with Gasteiger partial charge in [-0.3, -0.25) is 0 Å². The summed E-state index contributed by atoms with van der Waals surface area (Å²) in [7, 11) is -1.01. The number of para-hydroxylation sites is 1. The number of hydrogen-bond donors (Lipinski definition) is 1. The van der Waals surface area contributed by atoms with Gasteiger partial charge < -0.3 is 24.4 Å². The van der Waals surface area contributed by atoms with Gasteiger partial charge in [0.05, 0.1) is 22.4 Å². The van der Waals surface area contributed by atoms with Crippen LogP contribution in [0.3, 0.4) is 0 Å². The van der Waals surface area contributed by atoms with Gasteiger partial charge in [0, 0.05) is 16.6 Å². The Kier molecular flexibility index (Phi) is 4.12. The van der Waals surface area contributed by atoms with E-state index in [1.54, 1.807) is 0 Å². The second-order valence-electron chi connectivity index (χ2n) is 9.03. The number of rotatable bonds is 2. The van der Waals surface area contributed by atoms with Gasteiger partial charge in [-0.15, -0.1) is 0 Å². The maximum Gasteiger partial charge on any atom is 0.496 e. The Morgan fingerprint density at radius 3 is 1.20 bits per heavy atom. The maximum absolute atomic E-state index is 6.48. The first-order valence-corrected chi connectivity index (χ1v) is 8.87. The lowest BCUT2D eigenvalue weighted by Gasteiger charge is -2.32. The van der Waals surface area contributed by atoms with Gasteiger partial charge >= 0.3 is 14.2 Å². The zero-order chi connectivity index (χ0) is 18.8. The van der Waals surface area contributed by atoms with E-state index in [1.165, 1.54) is 0 Å². The highest BCUT2D eigenvalue weighted by atomic mass is 16.7. The third-order valence-electron chi connectivity index (χ3n) is 6.19. The Bertz CT molecular complexity index is 601. The molecule has 2 heterocycles. The topological polar surface area (TPSA) is 62.9 Å². The first kappa shape index (κ1) is 18.8. The van der Waals surface area contributed by atoms with Crippen molar-refractivity contribution in [2.75, 3.05) is 5.73 Å². The first-order valence-electron chi connectivity index (χ1n) is 8.87. The zero-order valence-corrected chi connectivity index (χ0v) is 16.6. The second-order valence-corrected chi connectivity index (χ2v) is 9.03. The molecule has 25 heavy (non-hydrogen) atoms. The molecular formula is C18H29B2NO4. The Labute approximate surface area is 151 Å². The fourth-order valence-corrected chi connectivity index (χ4v) is 2.95. The van der Waals surface area contributed by atoms with Crippen molar-refractivity contribution in [2.45, 2.75) is 77.8 Å². The van der Waals surface area contributed by atoms with Crippen LogP contribution in [0, 0.1) is 0 Å². The van der Waals surface area contributed by atoms with Crippen LogP contribution >= 0.6 is 0 Å². The largest absolute Gasteiger partial charge is 0.496 e. The van der Waals surface area contributed by atoms with Gasteiger partial charge in [0.15, 0.2) is 0 Å². The molecule has 0 radical (unpaired) electrons. The summed E-state index contributed by atoms with van der Waals surface area (Å²) in [6.45, 7) is 16.2. The highest BCUT2D eigenvalue weighted by molar-refractivity contribution is 6.69. The third-order valence-corrected chi connectivity index (χ3v) is 6.19. The van der Waals surface area contributed by atoms with Gasteiger partial charge in [-0.2, -0.15) is 0 Å². The van der Waals surface area contributed by atoms with Crippen LogP contribution in [0.4, 0.5) is 5.69 Å². The number of nitrogen functional groups attached to an aromatic ring is 1. The van der Waals surface area contributed by atoms with Crippen molar-refractivity contribution >= 4 is 30.8 Å². The van der Waals surface area contributed by atoms with E-state index in [2.05, 4.69) is 0 Å². The van der Waals surface area contributed by atoms with E-state index in [9.17, 15) is 0 Å². The lowest BCUT2D eigenvalue weighted by atomic mass is 9.70.